The number of piperidine rings is 1. The first kappa shape index (κ1) is 27.1. The van der Waals surface area contributed by atoms with Crippen molar-refractivity contribution in [1.29, 1.82) is 0 Å². The molecule has 0 spiro atoms. The molecule has 212 valence electrons. The van der Waals surface area contributed by atoms with Gasteiger partial charge in [0.15, 0.2) is 0 Å². The minimum absolute atomic E-state index is 0.0730. The summed E-state index contributed by atoms with van der Waals surface area (Å²) in [5.41, 5.74) is 3.30. The number of aromatic nitrogens is 3. The van der Waals surface area contributed by atoms with Crippen LogP contribution in [0.4, 0.5) is 11.6 Å². The van der Waals surface area contributed by atoms with E-state index in [0.29, 0.717) is 41.9 Å². The van der Waals surface area contributed by atoms with Crippen molar-refractivity contribution in [2.45, 2.75) is 58.4 Å². The quantitative estimate of drug-likeness (QED) is 0.224. The van der Waals surface area contributed by atoms with Gasteiger partial charge in [0.25, 0.3) is 0 Å². The molecule has 8 heteroatoms. The van der Waals surface area contributed by atoms with E-state index in [4.69, 9.17) is 9.72 Å². The van der Waals surface area contributed by atoms with Crippen LogP contribution in [0.25, 0.3) is 22.0 Å². The van der Waals surface area contributed by atoms with Crippen molar-refractivity contribution in [2.75, 3.05) is 23.7 Å². The number of fused-ring (bicyclic) bond motifs is 1. The largest absolute Gasteiger partial charge is 0.437 e. The Bertz CT molecular complexity index is 1530. The molecule has 1 unspecified atom stereocenters. The maximum atomic E-state index is 12.9. The van der Waals surface area contributed by atoms with Gasteiger partial charge in [-0.2, -0.15) is 0 Å². The maximum absolute atomic E-state index is 12.9. The van der Waals surface area contributed by atoms with Gasteiger partial charge in [-0.3, -0.25) is 4.79 Å². The van der Waals surface area contributed by atoms with Gasteiger partial charge in [-0.1, -0.05) is 37.6 Å². The summed E-state index contributed by atoms with van der Waals surface area (Å²) in [6.45, 7) is 6.25. The lowest BCUT2D eigenvalue weighted by Crippen LogP contribution is -2.38. The number of nitrogens with zero attached hydrogens (tertiary/aromatic N) is 3. The molecule has 0 radical (unpaired) electrons. The van der Waals surface area contributed by atoms with Gasteiger partial charge >= 0.3 is 0 Å². The maximum Gasteiger partial charge on any atom is 0.228 e. The van der Waals surface area contributed by atoms with Gasteiger partial charge < -0.3 is 20.7 Å². The average molecular weight is 551 g/mol. The van der Waals surface area contributed by atoms with Crippen LogP contribution in [0.3, 0.4) is 0 Å². The zero-order chi connectivity index (χ0) is 28.2. The molecule has 3 heterocycles. The number of benzene rings is 2. The summed E-state index contributed by atoms with van der Waals surface area (Å²) in [4.78, 5) is 26.8. The summed E-state index contributed by atoms with van der Waals surface area (Å²) in [6.07, 6.45) is 9.76. The number of hydrogen-bond donors (Lipinski definition) is 3. The van der Waals surface area contributed by atoms with Crippen LogP contribution in [-0.2, 0) is 4.79 Å². The highest BCUT2D eigenvalue weighted by Crippen LogP contribution is 2.39. The Balaban J connectivity index is 1.26. The number of rotatable bonds is 8. The summed E-state index contributed by atoms with van der Waals surface area (Å²) in [5, 5.41) is 11.9. The van der Waals surface area contributed by atoms with Gasteiger partial charge in [-0.05, 0) is 80.8 Å². The van der Waals surface area contributed by atoms with E-state index < -0.39 is 0 Å². The van der Waals surface area contributed by atoms with Crippen LogP contribution >= 0.6 is 0 Å². The molecule has 3 atom stereocenters. The number of carbonyl (C=O) groups is 1. The number of anilines is 2. The summed E-state index contributed by atoms with van der Waals surface area (Å²) >= 11 is 0. The minimum Gasteiger partial charge on any atom is -0.437 e. The third-order valence-corrected chi connectivity index (χ3v) is 8.29. The molecule has 2 aromatic carbocycles. The molecule has 3 N–H and O–H groups in total. The van der Waals surface area contributed by atoms with Crippen LogP contribution in [0.1, 0.15) is 51.0 Å². The fourth-order valence-electron chi connectivity index (χ4n) is 6.16. The van der Waals surface area contributed by atoms with Crippen molar-refractivity contribution in [3.63, 3.8) is 0 Å². The number of amides is 1. The van der Waals surface area contributed by atoms with Crippen LogP contribution in [0.5, 0.6) is 11.6 Å². The minimum atomic E-state index is 0.0730. The Morgan fingerprint density at radius 2 is 1.95 bits per heavy atom. The molecule has 0 bridgehead atoms. The molecule has 8 nitrogen and oxygen atoms in total. The fraction of sp³-hybridized carbons (Fsp3) is 0.394. The van der Waals surface area contributed by atoms with Gasteiger partial charge in [0, 0.05) is 47.9 Å². The predicted molar refractivity (Wildman–Crippen MR) is 163 cm³/mol. The first-order valence-corrected chi connectivity index (χ1v) is 14.8. The third-order valence-electron chi connectivity index (χ3n) is 8.29. The van der Waals surface area contributed by atoms with Crippen LogP contribution in [0.15, 0.2) is 60.9 Å². The highest BCUT2D eigenvalue weighted by Gasteiger charge is 2.24. The number of aryl methyl sites for hydroxylation is 1. The third kappa shape index (κ3) is 6.33. The topological polar surface area (TPSA) is 101 Å². The highest BCUT2D eigenvalue weighted by molar-refractivity contribution is 6.04. The zero-order valence-corrected chi connectivity index (χ0v) is 23.8. The Labute approximate surface area is 241 Å². The number of ether oxygens (including phenoxy) is 1. The molecular formula is C33H38N6O2. The summed E-state index contributed by atoms with van der Waals surface area (Å²) in [5.74, 6) is 3.04. The lowest BCUT2D eigenvalue weighted by molar-refractivity contribution is -0.117. The highest BCUT2D eigenvalue weighted by atomic mass is 16.5. The molecular weight excluding hydrogens is 512 g/mol. The van der Waals surface area contributed by atoms with Gasteiger partial charge in [0.1, 0.15) is 5.75 Å². The van der Waals surface area contributed by atoms with Crippen molar-refractivity contribution in [3.05, 3.63) is 66.5 Å². The molecule has 1 aliphatic heterocycles. The van der Waals surface area contributed by atoms with Crippen molar-refractivity contribution < 1.29 is 9.53 Å². The monoisotopic (exact) mass is 550 g/mol. The standard InChI is InChI=1S/C33H38N6O2/c1-21-10-12-23(18-21)19-30(40)38-28-9-3-7-26-25(28)13-11-22(2)31(26)41-32-27(8-5-16-35-32)29-14-17-36-33(39-29)37-24-6-4-15-34-20-24/h3,5,7-9,11,13-14,16-17,21,23-24,34H,4,6,10,12,15,18-20H2,1-2H3,(H,38,40)(H,36,37,39)/t21?,23-,24+/m1/s1. The molecule has 1 saturated carbocycles. The number of pyridine rings is 1. The van der Waals surface area contributed by atoms with Gasteiger partial charge in [0.05, 0.1) is 11.3 Å². The van der Waals surface area contributed by atoms with Crippen molar-refractivity contribution in [1.82, 2.24) is 20.3 Å². The predicted octanol–water partition coefficient (Wildman–Crippen LogP) is 6.72. The Hall–Kier alpha value is -4.04. The summed E-state index contributed by atoms with van der Waals surface area (Å²) in [7, 11) is 0. The number of carbonyl (C=O) groups excluding carboxylic acids is 1. The van der Waals surface area contributed by atoms with E-state index in [0.717, 1.165) is 72.1 Å². The summed E-state index contributed by atoms with van der Waals surface area (Å²) < 4.78 is 6.56. The molecule has 1 aliphatic carbocycles. The van der Waals surface area contributed by atoms with Crippen molar-refractivity contribution in [2.24, 2.45) is 11.8 Å². The first-order chi connectivity index (χ1) is 20.0. The van der Waals surface area contributed by atoms with E-state index in [9.17, 15) is 4.79 Å². The van der Waals surface area contributed by atoms with Crippen LogP contribution in [0, 0.1) is 18.8 Å². The second-order valence-corrected chi connectivity index (χ2v) is 11.6. The Kier molecular flexibility index (Phi) is 8.09. The van der Waals surface area contributed by atoms with Gasteiger partial charge in [-0.25, -0.2) is 15.0 Å². The molecule has 41 heavy (non-hydrogen) atoms. The van der Waals surface area contributed by atoms with Crippen molar-refractivity contribution in [3.8, 4) is 22.9 Å². The Morgan fingerprint density at radius 3 is 2.78 bits per heavy atom. The lowest BCUT2D eigenvalue weighted by atomic mass is 10.0. The lowest BCUT2D eigenvalue weighted by Gasteiger charge is -2.23. The van der Waals surface area contributed by atoms with E-state index in [-0.39, 0.29) is 5.91 Å². The fourth-order valence-corrected chi connectivity index (χ4v) is 6.16. The summed E-state index contributed by atoms with van der Waals surface area (Å²) in [6, 6.07) is 16.1. The molecule has 2 aromatic heterocycles. The normalized spacial score (nSPS) is 20.6. The second kappa shape index (κ2) is 12.2. The van der Waals surface area contributed by atoms with E-state index in [1.807, 2.05) is 55.5 Å². The first-order valence-electron chi connectivity index (χ1n) is 14.8. The second-order valence-electron chi connectivity index (χ2n) is 11.6. The molecule has 4 aromatic rings. The van der Waals surface area contributed by atoms with Gasteiger partial charge in [-0.15, -0.1) is 0 Å². The van der Waals surface area contributed by atoms with E-state index in [1.165, 1.54) is 6.42 Å². The van der Waals surface area contributed by atoms with Crippen molar-refractivity contribution >= 4 is 28.3 Å². The van der Waals surface area contributed by atoms with E-state index in [2.05, 4.69) is 32.8 Å². The molecule has 1 saturated heterocycles. The Morgan fingerprint density at radius 1 is 1.02 bits per heavy atom. The van der Waals surface area contributed by atoms with E-state index in [1.54, 1.807) is 12.4 Å². The number of nitrogens with one attached hydrogen (secondary N) is 3. The SMILES string of the molecule is Cc1ccc2c(NC(=O)C[C@@H]3CCC(C)C3)cccc2c1Oc1ncccc1-c1ccnc(N[C@H]2CCCNC2)n1. The molecule has 6 rings (SSSR count). The van der Waals surface area contributed by atoms with Crippen LogP contribution < -0.4 is 20.7 Å². The molecule has 2 aliphatic rings. The molecule has 2 fully saturated rings. The van der Waals surface area contributed by atoms with E-state index >= 15 is 0 Å². The molecule has 1 amide bonds. The van der Waals surface area contributed by atoms with Gasteiger partial charge in [0.2, 0.25) is 17.7 Å². The van der Waals surface area contributed by atoms with Crippen LogP contribution in [0.2, 0.25) is 0 Å². The zero-order valence-electron chi connectivity index (χ0n) is 23.8. The average Bonchev–Trinajstić information content (AvgIpc) is 3.39. The number of hydrogen-bond acceptors (Lipinski definition) is 7. The smallest absolute Gasteiger partial charge is 0.228 e. The van der Waals surface area contributed by atoms with Crippen LogP contribution in [-0.4, -0.2) is 40.0 Å².